The summed E-state index contributed by atoms with van der Waals surface area (Å²) in [7, 11) is -1.94. The summed E-state index contributed by atoms with van der Waals surface area (Å²) in [5, 5.41) is 0. The van der Waals surface area contributed by atoms with E-state index in [0.29, 0.717) is 0 Å². The number of esters is 1. The summed E-state index contributed by atoms with van der Waals surface area (Å²) in [4.78, 5) is 15.8. The molecular formula is C21H21NO3S. The number of ether oxygens (including phenoxy) is 1. The van der Waals surface area contributed by atoms with Gasteiger partial charge in [-0.2, -0.15) is 0 Å². The molecule has 0 radical (unpaired) electrons. The molecule has 2 aromatic rings. The standard InChI is InChI=1S/C21H21NO3S/c1-4-25-20(23)16-7-9-17(22-14-16)8-5-15-6-10-19-18(13-15)21(2,3)11-12-26(19)24/h6-7,9-10,13-14H,4,11-12H2,1-3H3/i2D3,3D3,11D2. The lowest BCUT2D eigenvalue weighted by Gasteiger charge is -2.31. The van der Waals surface area contributed by atoms with E-state index < -0.39 is 48.0 Å². The van der Waals surface area contributed by atoms with Gasteiger partial charge in [0.1, 0.15) is 5.69 Å². The molecule has 0 saturated carbocycles. The van der Waals surface area contributed by atoms with Crippen LogP contribution in [0.25, 0.3) is 0 Å². The van der Waals surface area contributed by atoms with Gasteiger partial charge in [-0.05, 0) is 60.5 Å². The summed E-state index contributed by atoms with van der Waals surface area (Å²) in [5.74, 6) is 4.21. The molecule has 0 aliphatic carbocycles. The Morgan fingerprint density at radius 2 is 2.23 bits per heavy atom. The summed E-state index contributed by atoms with van der Waals surface area (Å²) < 4.78 is 82.5. The average Bonchev–Trinajstić information content (AvgIpc) is 2.70. The fourth-order valence-corrected chi connectivity index (χ4v) is 3.57. The van der Waals surface area contributed by atoms with Crippen molar-refractivity contribution in [1.82, 2.24) is 4.98 Å². The lowest BCUT2D eigenvalue weighted by atomic mass is 9.81. The zero-order valence-corrected chi connectivity index (χ0v) is 14.8. The number of rotatable bonds is 2. The monoisotopic (exact) mass is 375 g/mol. The molecule has 1 aliphatic heterocycles. The topological polar surface area (TPSA) is 56.3 Å². The van der Waals surface area contributed by atoms with Crippen molar-refractivity contribution in [3.05, 3.63) is 58.9 Å². The number of aromatic nitrogens is 1. The second kappa shape index (κ2) is 7.43. The molecule has 3 rings (SSSR count). The molecule has 1 aliphatic rings. The number of benzene rings is 1. The van der Waals surface area contributed by atoms with Crippen LogP contribution in [0.15, 0.2) is 41.4 Å². The molecule has 1 aromatic carbocycles. The SMILES string of the molecule is [2H]C([2H])([2H])C1(C([2H])([2H])[2H])c2cc(C#Cc3ccc(C(=O)OCC)cn3)ccc2S(=O)CC1([2H])[2H]. The highest BCUT2D eigenvalue weighted by molar-refractivity contribution is 7.85. The van der Waals surface area contributed by atoms with Gasteiger partial charge in [-0.3, -0.25) is 4.21 Å². The van der Waals surface area contributed by atoms with E-state index in [9.17, 15) is 9.00 Å². The second-order valence-corrected chi connectivity index (χ2v) is 6.95. The third-order valence-corrected chi connectivity index (χ3v) is 4.96. The first kappa shape index (κ1) is 10.6. The minimum Gasteiger partial charge on any atom is -0.462 e. The smallest absolute Gasteiger partial charge is 0.339 e. The Morgan fingerprint density at radius 1 is 1.38 bits per heavy atom. The predicted octanol–water partition coefficient (Wildman–Crippen LogP) is 3.45. The van der Waals surface area contributed by atoms with Crippen LogP contribution < -0.4 is 0 Å². The maximum absolute atomic E-state index is 12.7. The minimum atomic E-state index is -3.27. The van der Waals surface area contributed by atoms with Crippen LogP contribution in [0, 0.1) is 11.8 Å². The van der Waals surface area contributed by atoms with Gasteiger partial charge in [0, 0.05) is 33.4 Å². The van der Waals surface area contributed by atoms with Gasteiger partial charge >= 0.3 is 5.97 Å². The third-order valence-electron chi connectivity index (χ3n) is 3.71. The van der Waals surface area contributed by atoms with Crippen molar-refractivity contribution in [3.8, 4) is 11.8 Å². The Kier molecular flexibility index (Phi) is 3.04. The fourth-order valence-electron chi connectivity index (χ4n) is 2.39. The summed E-state index contributed by atoms with van der Waals surface area (Å²) in [6.45, 7) is -4.64. The summed E-state index contributed by atoms with van der Waals surface area (Å²) >= 11 is 0. The number of fused-ring (bicyclic) bond motifs is 1. The summed E-state index contributed by atoms with van der Waals surface area (Å²) in [5.41, 5.74) is -2.54. The van der Waals surface area contributed by atoms with E-state index in [0.717, 1.165) is 0 Å². The normalized spacial score (nSPS) is 25.0. The van der Waals surface area contributed by atoms with Crippen LogP contribution >= 0.6 is 0 Å². The van der Waals surface area contributed by atoms with Crippen molar-refractivity contribution in [2.24, 2.45) is 0 Å². The molecular weight excluding hydrogens is 346 g/mol. The van der Waals surface area contributed by atoms with Crippen LogP contribution in [-0.4, -0.2) is 27.5 Å². The molecule has 5 heteroatoms. The van der Waals surface area contributed by atoms with Crippen LogP contribution in [0.3, 0.4) is 0 Å². The zero-order valence-electron chi connectivity index (χ0n) is 22.0. The largest absolute Gasteiger partial charge is 0.462 e. The van der Waals surface area contributed by atoms with Crippen molar-refractivity contribution < 1.29 is 24.7 Å². The van der Waals surface area contributed by atoms with E-state index in [2.05, 4.69) is 16.8 Å². The van der Waals surface area contributed by atoms with Gasteiger partial charge < -0.3 is 4.74 Å². The first-order valence-corrected chi connectivity index (χ1v) is 9.16. The number of pyridine rings is 1. The molecule has 0 N–H and O–H groups in total. The van der Waals surface area contributed by atoms with Crippen molar-refractivity contribution in [1.29, 1.82) is 0 Å². The Hall–Kier alpha value is -2.45. The number of hydrogen-bond acceptors (Lipinski definition) is 4. The minimum absolute atomic E-state index is 0.0372. The van der Waals surface area contributed by atoms with Gasteiger partial charge in [-0.15, -0.1) is 0 Å². The van der Waals surface area contributed by atoms with E-state index >= 15 is 0 Å². The van der Waals surface area contributed by atoms with Gasteiger partial charge in [0.05, 0.1) is 23.0 Å². The van der Waals surface area contributed by atoms with E-state index in [4.69, 9.17) is 15.7 Å². The number of nitrogens with zero attached hydrogens (tertiary/aromatic N) is 1. The lowest BCUT2D eigenvalue weighted by molar-refractivity contribution is 0.0526. The Morgan fingerprint density at radius 3 is 2.92 bits per heavy atom. The fraction of sp³-hybridized carbons (Fsp3) is 0.333. The molecule has 0 amide bonds. The van der Waals surface area contributed by atoms with Crippen molar-refractivity contribution >= 4 is 16.8 Å². The van der Waals surface area contributed by atoms with E-state index in [1.807, 2.05) is 0 Å². The highest BCUT2D eigenvalue weighted by atomic mass is 32.2. The van der Waals surface area contributed by atoms with E-state index in [1.54, 1.807) is 6.92 Å². The van der Waals surface area contributed by atoms with Crippen molar-refractivity contribution in [2.45, 2.75) is 37.3 Å². The summed E-state index contributed by atoms with van der Waals surface area (Å²) in [6.07, 6.45) is -1.52. The molecule has 0 spiro atoms. The first-order chi connectivity index (χ1) is 15.7. The molecule has 1 atom stereocenters. The second-order valence-electron chi connectivity index (χ2n) is 5.53. The summed E-state index contributed by atoms with van der Waals surface area (Å²) in [6, 6.07) is 6.94. The van der Waals surface area contributed by atoms with Crippen molar-refractivity contribution in [3.63, 3.8) is 0 Å². The number of hydrogen-bond donors (Lipinski definition) is 0. The predicted molar refractivity (Wildman–Crippen MR) is 102 cm³/mol. The molecule has 2 heterocycles. The van der Waals surface area contributed by atoms with Gasteiger partial charge in [0.2, 0.25) is 0 Å². The van der Waals surface area contributed by atoms with E-state index in [-0.39, 0.29) is 33.9 Å². The Bertz CT molecular complexity index is 1180. The van der Waals surface area contributed by atoms with Gasteiger partial charge in [0.15, 0.2) is 0 Å². The molecule has 4 nitrogen and oxygen atoms in total. The highest BCUT2D eigenvalue weighted by Crippen LogP contribution is 2.37. The number of carbonyl (C=O) groups excluding carboxylic acids is 1. The van der Waals surface area contributed by atoms with Crippen molar-refractivity contribution in [2.75, 3.05) is 12.4 Å². The quantitative estimate of drug-likeness (QED) is 0.596. The van der Waals surface area contributed by atoms with Crippen LogP contribution in [-0.2, 0) is 21.0 Å². The molecule has 1 unspecified atom stereocenters. The molecule has 26 heavy (non-hydrogen) atoms. The maximum atomic E-state index is 12.7. The van der Waals surface area contributed by atoms with Gasteiger partial charge in [-0.1, -0.05) is 19.6 Å². The zero-order chi connectivity index (χ0) is 25.5. The number of carbonyl (C=O) groups is 1. The lowest BCUT2D eigenvalue weighted by Crippen LogP contribution is -2.27. The van der Waals surface area contributed by atoms with Crippen LogP contribution in [0.2, 0.25) is 0 Å². The molecule has 0 bridgehead atoms. The third kappa shape index (κ3) is 3.86. The molecule has 134 valence electrons. The molecule has 0 fully saturated rings. The average molecular weight is 376 g/mol. The molecule has 1 aromatic heterocycles. The van der Waals surface area contributed by atoms with Crippen LogP contribution in [0.4, 0.5) is 0 Å². The maximum Gasteiger partial charge on any atom is 0.339 e. The van der Waals surface area contributed by atoms with Gasteiger partial charge in [0.25, 0.3) is 0 Å². The molecule has 0 saturated heterocycles. The van der Waals surface area contributed by atoms with E-state index in [1.165, 1.54) is 36.5 Å². The van der Waals surface area contributed by atoms with Crippen LogP contribution in [0.5, 0.6) is 0 Å². The highest BCUT2D eigenvalue weighted by Gasteiger charge is 2.31. The van der Waals surface area contributed by atoms with Crippen LogP contribution in [0.1, 0.15) is 65.1 Å². The Labute approximate surface area is 167 Å². The first-order valence-electron chi connectivity index (χ1n) is 11.8. The Balaban J connectivity index is 2.12. The van der Waals surface area contributed by atoms with Gasteiger partial charge in [-0.25, -0.2) is 9.78 Å².